The highest BCUT2D eigenvalue weighted by Gasteiger charge is 2.51. The number of amides is 1. The van der Waals surface area contributed by atoms with Gasteiger partial charge < -0.3 is 24.3 Å². The smallest absolute Gasteiger partial charge is 0.303 e. The topological polar surface area (TPSA) is 130 Å². The van der Waals surface area contributed by atoms with Crippen LogP contribution in [0.4, 0.5) is 0 Å². The second-order valence-electron chi connectivity index (χ2n) is 10.00. The molecule has 1 heterocycles. The summed E-state index contributed by atoms with van der Waals surface area (Å²) >= 11 is 0. The van der Waals surface area contributed by atoms with Crippen molar-refractivity contribution in [3.05, 3.63) is 91.0 Å². The average Bonchev–Trinajstić information content (AvgIpc) is 2.98. The molecule has 0 aromatic heterocycles. The Morgan fingerprint density at radius 3 is 1.53 bits per heavy atom. The predicted molar refractivity (Wildman–Crippen MR) is 162 cm³/mol. The van der Waals surface area contributed by atoms with Crippen molar-refractivity contribution in [1.29, 1.82) is 0 Å². The highest BCUT2D eigenvalue weighted by atomic mass is 31.2. The van der Waals surface area contributed by atoms with E-state index in [0.717, 1.165) is 15.9 Å². The zero-order chi connectivity index (χ0) is 31.0. The number of nitrogens with one attached hydrogen (secondary N) is 1. The van der Waals surface area contributed by atoms with E-state index in [1.54, 1.807) is 0 Å². The van der Waals surface area contributed by atoms with Crippen LogP contribution in [0, 0.1) is 0 Å². The Balaban J connectivity index is 2.04. The number of ether oxygens (including phenoxy) is 4. The van der Waals surface area contributed by atoms with Gasteiger partial charge in [-0.2, -0.15) is 0 Å². The lowest BCUT2D eigenvalue weighted by atomic mass is 9.95. The van der Waals surface area contributed by atoms with Gasteiger partial charge in [-0.15, -0.1) is 0 Å². The highest BCUT2D eigenvalue weighted by Crippen LogP contribution is 2.48. The third kappa shape index (κ3) is 7.58. The first-order valence-corrected chi connectivity index (χ1v) is 15.5. The minimum absolute atomic E-state index is 0.308. The van der Waals surface area contributed by atoms with Crippen LogP contribution in [0.25, 0.3) is 0 Å². The molecule has 3 aromatic carbocycles. The minimum Gasteiger partial charge on any atom is -0.463 e. The number of hydrogen-bond acceptors (Lipinski definition) is 9. The summed E-state index contributed by atoms with van der Waals surface area (Å²) in [6.07, 6.45) is -4.62. The van der Waals surface area contributed by atoms with Crippen LogP contribution in [-0.2, 0) is 38.1 Å². The summed E-state index contributed by atoms with van der Waals surface area (Å²) in [6, 6.07) is 28.2. The van der Waals surface area contributed by atoms with E-state index in [0.29, 0.717) is 0 Å². The van der Waals surface area contributed by atoms with Gasteiger partial charge in [0.1, 0.15) is 18.8 Å². The van der Waals surface area contributed by atoms with Crippen molar-refractivity contribution in [3.8, 4) is 0 Å². The van der Waals surface area contributed by atoms with Crippen molar-refractivity contribution >= 4 is 46.8 Å². The van der Waals surface area contributed by atoms with Gasteiger partial charge in [0, 0.05) is 43.6 Å². The third-order valence-electron chi connectivity index (χ3n) is 6.77. The fourth-order valence-corrected chi connectivity index (χ4v) is 8.80. The maximum Gasteiger partial charge on any atom is 0.303 e. The van der Waals surface area contributed by atoms with Gasteiger partial charge >= 0.3 is 17.9 Å². The summed E-state index contributed by atoms with van der Waals surface area (Å²) in [5, 5.41) is 5.59. The standard InChI is InChI=1S/C32H35N2O8P/c1-21(35)33-29-31(41-24(4)38)30(40-23(3)37)28(20-39-22(2)36)42-32(29)34-43(25-14-8-5-9-15-25,26-16-10-6-11-17-26)27-18-12-7-13-19-27/h5-19,28-32H,20H2,1-4H3,(H,33,35). The van der Waals surface area contributed by atoms with Crippen LogP contribution >= 0.6 is 7.05 Å². The molecular formula is C32H35N2O8P. The molecule has 10 nitrogen and oxygen atoms in total. The fourth-order valence-electron chi connectivity index (χ4n) is 5.16. The molecule has 11 heteroatoms. The molecule has 1 fully saturated rings. The van der Waals surface area contributed by atoms with E-state index in [1.807, 2.05) is 91.0 Å². The van der Waals surface area contributed by atoms with Crippen molar-refractivity contribution in [2.24, 2.45) is 4.74 Å². The molecule has 0 aliphatic carbocycles. The number of hydrogen-bond donors (Lipinski definition) is 1. The van der Waals surface area contributed by atoms with Crippen LogP contribution < -0.4 is 21.2 Å². The largest absolute Gasteiger partial charge is 0.463 e. The van der Waals surface area contributed by atoms with Gasteiger partial charge in [-0.1, -0.05) is 91.0 Å². The van der Waals surface area contributed by atoms with Crippen LogP contribution in [0.1, 0.15) is 27.7 Å². The summed E-state index contributed by atoms with van der Waals surface area (Å²) in [6.45, 7) is 4.67. The molecule has 5 atom stereocenters. The molecule has 1 aliphatic rings. The Hall–Kier alpha value is -4.27. The monoisotopic (exact) mass is 606 g/mol. The summed E-state index contributed by atoms with van der Waals surface area (Å²) < 4.78 is 28.5. The first-order valence-electron chi connectivity index (χ1n) is 13.8. The molecule has 226 valence electrons. The van der Waals surface area contributed by atoms with Crippen molar-refractivity contribution < 1.29 is 38.1 Å². The Morgan fingerprint density at radius 1 is 0.698 bits per heavy atom. The van der Waals surface area contributed by atoms with E-state index >= 15 is 0 Å². The van der Waals surface area contributed by atoms with E-state index in [2.05, 4.69) is 5.32 Å². The van der Waals surface area contributed by atoms with Crippen molar-refractivity contribution in [1.82, 2.24) is 5.32 Å². The second kappa shape index (κ2) is 14.3. The lowest BCUT2D eigenvalue weighted by Crippen LogP contribution is -2.65. The number of rotatable bonds is 9. The van der Waals surface area contributed by atoms with Gasteiger partial charge in [-0.25, -0.2) is 0 Å². The van der Waals surface area contributed by atoms with Gasteiger partial charge in [0.15, 0.2) is 18.4 Å². The fraction of sp³-hybridized carbons (Fsp3) is 0.312. The van der Waals surface area contributed by atoms with Crippen LogP contribution in [0.15, 0.2) is 95.7 Å². The molecule has 1 N–H and O–H groups in total. The molecule has 0 bridgehead atoms. The highest BCUT2D eigenvalue weighted by molar-refractivity contribution is 7.87. The SMILES string of the molecule is CC(=O)NC1C(N=P(c2ccccc2)(c2ccccc2)c2ccccc2)OC(COC(C)=O)C(OC(C)=O)C1OC(C)=O. The zero-order valence-electron chi connectivity index (χ0n) is 24.4. The summed E-state index contributed by atoms with van der Waals surface area (Å²) in [7, 11) is -2.88. The van der Waals surface area contributed by atoms with Crippen LogP contribution in [0.2, 0.25) is 0 Å². The van der Waals surface area contributed by atoms with Gasteiger partial charge in [-0.05, 0) is 0 Å². The average molecular weight is 607 g/mol. The quantitative estimate of drug-likeness (QED) is 0.224. The normalized spacial score (nSPS) is 21.6. The maximum atomic E-state index is 12.6. The molecular weight excluding hydrogens is 571 g/mol. The van der Waals surface area contributed by atoms with Crippen LogP contribution in [0.3, 0.4) is 0 Å². The third-order valence-corrected chi connectivity index (χ3v) is 10.5. The van der Waals surface area contributed by atoms with Gasteiger partial charge in [-0.3, -0.25) is 23.9 Å². The molecule has 0 spiro atoms. The Bertz CT molecular complexity index is 1380. The summed E-state index contributed by atoms with van der Waals surface area (Å²) in [4.78, 5) is 48.9. The Kier molecular flexibility index (Phi) is 10.5. The molecule has 43 heavy (non-hydrogen) atoms. The molecule has 1 saturated heterocycles. The number of benzene rings is 3. The molecule has 4 rings (SSSR count). The van der Waals surface area contributed by atoms with E-state index in [-0.39, 0.29) is 6.61 Å². The zero-order valence-corrected chi connectivity index (χ0v) is 25.3. The van der Waals surface area contributed by atoms with Gasteiger partial charge in [0.25, 0.3) is 0 Å². The van der Waals surface area contributed by atoms with Gasteiger partial charge in [0.05, 0.1) is 7.05 Å². The Labute approximate surface area is 250 Å². The van der Waals surface area contributed by atoms with E-state index in [4.69, 9.17) is 23.7 Å². The van der Waals surface area contributed by atoms with E-state index in [1.165, 1.54) is 27.7 Å². The lowest BCUT2D eigenvalue weighted by molar-refractivity contribution is -0.222. The number of carbonyl (C=O) groups excluding carboxylic acids is 4. The van der Waals surface area contributed by atoms with Crippen molar-refractivity contribution in [2.75, 3.05) is 6.61 Å². The Morgan fingerprint density at radius 2 is 1.14 bits per heavy atom. The van der Waals surface area contributed by atoms with Crippen LogP contribution in [-0.4, -0.2) is 61.0 Å². The lowest BCUT2D eigenvalue weighted by Gasteiger charge is -2.45. The van der Waals surface area contributed by atoms with Crippen molar-refractivity contribution in [2.45, 2.75) is 58.3 Å². The maximum absolute atomic E-state index is 12.6. The summed E-state index contributed by atoms with van der Waals surface area (Å²) in [5.41, 5.74) is 0. The molecule has 5 unspecified atom stereocenters. The predicted octanol–water partition coefficient (Wildman–Crippen LogP) is 2.82. The molecule has 1 amide bonds. The van der Waals surface area contributed by atoms with Crippen LogP contribution in [0.5, 0.6) is 0 Å². The molecule has 3 aromatic rings. The second-order valence-corrected chi connectivity index (χ2v) is 13.1. The summed E-state index contributed by atoms with van der Waals surface area (Å²) in [5.74, 6) is -2.35. The van der Waals surface area contributed by atoms with E-state index < -0.39 is 61.5 Å². The molecule has 1 aliphatic heterocycles. The first kappa shape index (κ1) is 31.7. The molecule has 0 radical (unpaired) electrons. The van der Waals surface area contributed by atoms with Gasteiger partial charge in [0.2, 0.25) is 5.91 Å². The minimum atomic E-state index is -2.88. The number of carbonyl (C=O) groups is 4. The first-order chi connectivity index (χ1) is 20.6. The van der Waals surface area contributed by atoms with Crippen molar-refractivity contribution in [3.63, 3.8) is 0 Å². The number of esters is 3. The van der Waals surface area contributed by atoms with E-state index in [9.17, 15) is 19.2 Å². The number of nitrogens with zero attached hydrogens (tertiary/aromatic N) is 1. The molecule has 0 saturated carbocycles.